The maximum absolute atomic E-state index is 12.9. The van der Waals surface area contributed by atoms with Crippen molar-refractivity contribution in [3.63, 3.8) is 0 Å². The fourth-order valence-electron chi connectivity index (χ4n) is 2.31. The third kappa shape index (κ3) is 4.53. The van der Waals surface area contributed by atoms with Gasteiger partial charge < -0.3 is 0 Å². The van der Waals surface area contributed by atoms with E-state index >= 15 is 0 Å². The minimum atomic E-state index is -4.66. The van der Waals surface area contributed by atoms with E-state index in [1.807, 2.05) is 0 Å². The number of hydrogen-bond acceptors (Lipinski definition) is 3. The van der Waals surface area contributed by atoms with Crippen LogP contribution >= 0.6 is 11.6 Å². The first-order valence-electron chi connectivity index (χ1n) is 7.40. The molecular weight excluding hydrogens is 379 g/mol. The number of aryl methyl sites for hydroxylation is 1. The van der Waals surface area contributed by atoms with Gasteiger partial charge >= 0.3 is 6.18 Å². The molecule has 0 bridgehead atoms. The maximum atomic E-state index is 12.9. The summed E-state index contributed by atoms with van der Waals surface area (Å²) in [6, 6.07) is 2.28. The van der Waals surface area contributed by atoms with Crippen LogP contribution in [0.15, 0.2) is 35.5 Å². The third-order valence-electron chi connectivity index (χ3n) is 3.47. The number of sulfonamides is 1. The molecule has 5 nitrogen and oxygen atoms in total. The first-order valence-corrected chi connectivity index (χ1v) is 9.22. The number of alkyl halides is 3. The lowest BCUT2D eigenvalue weighted by atomic mass is 10.2. The highest BCUT2D eigenvalue weighted by Gasteiger charge is 2.34. The second-order valence-electron chi connectivity index (χ2n) is 5.50. The van der Waals surface area contributed by atoms with E-state index < -0.39 is 26.7 Å². The second-order valence-corrected chi connectivity index (χ2v) is 7.82. The quantitative estimate of drug-likeness (QED) is 0.749. The van der Waals surface area contributed by atoms with Crippen molar-refractivity contribution in [2.75, 3.05) is 6.54 Å². The van der Waals surface area contributed by atoms with Crippen molar-refractivity contribution in [2.45, 2.75) is 31.0 Å². The molecule has 0 saturated carbocycles. The van der Waals surface area contributed by atoms with Crippen molar-refractivity contribution < 1.29 is 21.6 Å². The summed E-state index contributed by atoms with van der Waals surface area (Å²) < 4.78 is 67.2. The van der Waals surface area contributed by atoms with Gasteiger partial charge in [0.1, 0.15) is 4.90 Å². The molecule has 0 saturated heterocycles. The predicted octanol–water partition coefficient (Wildman–Crippen LogP) is 3.69. The normalized spacial score (nSPS) is 12.8. The Morgan fingerprint density at radius 2 is 2.00 bits per heavy atom. The molecule has 0 atom stereocenters. The van der Waals surface area contributed by atoms with Gasteiger partial charge in [-0.3, -0.25) is 4.68 Å². The van der Waals surface area contributed by atoms with Gasteiger partial charge in [-0.05, 0) is 24.6 Å². The van der Waals surface area contributed by atoms with Gasteiger partial charge in [0.05, 0.1) is 16.8 Å². The van der Waals surface area contributed by atoms with E-state index in [4.69, 9.17) is 11.6 Å². The second kappa shape index (κ2) is 7.35. The molecule has 2 aromatic rings. The lowest BCUT2D eigenvalue weighted by Crippen LogP contribution is -2.31. The molecule has 2 rings (SSSR count). The van der Waals surface area contributed by atoms with E-state index in [1.165, 1.54) is 10.9 Å². The lowest BCUT2D eigenvalue weighted by molar-refractivity contribution is -0.137. The van der Waals surface area contributed by atoms with Gasteiger partial charge in [0.15, 0.2) is 0 Å². The van der Waals surface area contributed by atoms with Crippen molar-refractivity contribution in [2.24, 2.45) is 7.05 Å². The van der Waals surface area contributed by atoms with Crippen LogP contribution in [-0.2, 0) is 29.8 Å². The highest BCUT2D eigenvalue weighted by atomic mass is 35.5. The van der Waals surface area contributed by atoms with Crippen molar-refractivity contribution in [1.82, 2.24) is 14.1 Å². The zero-order valence-electron chi connectivity index (χ0n) is 13.6. The summed E-state index contributed by atoms with van der Waals surface area (Å²) in [6.07, 6.45) is -1.01. The van der Waals surface area contributed by atoms with Crippen LogP contribution in [0.5, 0.6) is 0 Å². The molecule has 0 amide bonds. The van der Waals surface area contributed by atoms with E-state index in [0.717, 1.165) is 16.4 Å². The molecule has 0 radical (unpaired) electrons. The lowest BCUT2D eigenvalue weighted by Gasteiger charge is -2.22. The average molecular weight is 396 g/mol. The summed E-state index contributed by atoms with van der Waals surface area (Å²) in [5.41, 5.74) is -0.434. The Morgan fingerprint density at radius 3 is 2.52 bits per heavy atom. The molecule has 0 unspecified atom stereocenters. The Hall–Kier alpha value is -1.58. The summed E-state index contributed by atoms with van der Waals surface area (Å²) in [7, 11) is -2.51. The van der Waals surface area contributed by atoms with Crippen molar-refractivity contribution in [3.05, 3.63) is 46.7 Å². The fraction of sp³-hybridized carbons (Fsp3) is 0.400. The van der Waals surface area contributed by atoms with Crippen LogP contribution in [0.25, 0.3) is 0 Å². The fourth-order valence-corrected chi connectivity index (χ4v) is 4.33. The Kier molecular flexibility index (Phi) is 5.80. The van der Waals surface area contributed by atoms with E-state index in [9.17, 15) is 21.6 Å². The third-order valence-corrected chi connectivity index (χ3v) is 5.79. The molecule has 0 aliphatic rings. The van der Waals surface area contributed by atoms with Crippen LogP contribution in [0.1, 0.15) is 24.5 Å². The minimum absolute atomic E-state index is 0.00339. The first kappa shape index (κ1) is 19.7. The van der Waals surface area contributed by atoms with E-state index in [0.29, 0.717) is 18.1 Å². The maximum Gasteiger partial charge on any atom is 0.416 e. The molecule has 0 aliphatic carbocycles. The van der Waals surface area contributed by atoms with Gasteiger partial charge in [-0.25, -0.2) is 8.42 Å². The van der Waals surface area contributed by atoms with Gasteiger partial charge in [0.2, 0.25) is 10.0 Å². The summed E-state index contributed by atoms with van der Waals surface area (Å²) in [4.78, 5) is -0.554. The van der Waals surface area contributed by atoms with E-state index in [2.05, 4.69) is 5.10 Å². The molecule has 10 heteroatoms. The number of halogens is 4. The highest BCUT2D eigenvalue weighted by Crippen LogP contribution is 2.34. The Morgan fingerprint density at radius 1 is 1.32 bits per heavy atom. The van der Waals surface area contributed by atoms with Crippen molar-refractivity contribution in [3.8, 4) is 0 Å². The zero-order valence-corrected chi connectivity index (χ0v) is 15.2. The number of rotatable bonds is 6. The summed E-state index contributed by atoms with van der Waals surface area (Å²) >= 11 is 5.89. The Labute approximate surface area is 149 Å². The number of hydrogen-bond donors (Lipinski definition) is 0. The van der Waals surface area contributed by atoms with Crippen LogP contribution in [0.4, 0.5) is 13.2 Å². The number of aromatic nitrogens is 2. The van der Waals surface area contributed by atoms with Crippen LogP contribution in [-0.4, -0.2) is 29.0 Å². The summed E-state index contributed by atoms with van der Waals surface area (Å²) in [6.45, 7) is 1.92. The molecule has 0 spiro atoms. The topological polar surface area (TPSA) is 55.2 Å². The standard InChI is InChI=1S/C15H17ClF3N3O2S/c1-3-6-22(10-11-8-20-21(2)9-11)25(23,24)14-7-12(15(17,18)19)4-5-13(14)16/h4-5,7-9H,3,6,10H2,1-2H3. The molecule has 25 heavy (non-hydrogen) atoms. The molecule has 1 heterocycles. The summed E-state index contributed by atoms with van der Waals surface area (Å²) in [5.74, 6) is 0. The van der Waals surface area contributed by atoms with Gasteiger partial charge in [-0.15, -0.1) is 0 Å². The van der Waals surface area contributed by atoms with E-state index in [-0.39, 0.29) is 18.1 Å². The molecule has 0 aliphatic heterocycles. The zero-order chi connectivity index (χ0) is 18.8. The minimum Gasteiger partial charge on any atom is -0.275 e. The number of nitrogens with zero attached hydrogens (tertiary/aromatic N) is 3. The SMILES string of the molecule is CCCN(Cc1cnn(C)c1)S(=O)(=O)c1cc(C(F)(F)F)ccc1Cl. The highest BCUT2D eigenvalue weighted by molar-refractivity contribution is 7.89. The van der Waals surface area contributed by atoms with E-state index in [1.54, 1.807) is 20.2 Å². The smallest absolute Gasteiger partial charge is 0.275 e. The van der Waals surface area contributed by atoms with Crippen molar-refractivity contribution >= 4 is 21.6 Å². The van der Waals surface area contributed by atoms with Crippen LogP contribution < -0.4 is 0 Å². The van der Waals surface area contributed by atoms with Crippen molar-refractivity contribution in [1.29, 1.82) is 0 Å². The monoisotopic (exact) mass is 395 g/mol. The molecule has 1 aromatic carbocycles. The molecular formula is C15H17ClF3N3O2S. The molecule has 1 aromatic heterocycles. The largest absolute Gasteiger partial charge is 0.416 e. The van der Waals surface area contributed by atoms with Gasteiger partial charge in [0.25, 0.3) is 0 Å². The molecule has 0 N–H and O–H groups in total. The average Bonchev–Trinajstić information content (AvgIpc) is 2.91. The van der Waals surface area contributed by atoms with Crippen LogP contribution in [0, 0.1) is 0 Å². The van der Waals surface area contributed by atoms with Crippen LogP contribution in [0.3, 0.4) is 0 Å². The van der Waals surface area contributed by atoms with Gasteiger partial charge in [-0.1, -0.05) is 18.5 Å². The predicted molar refractivity (Wildman–Crippen MR) is 87.5 cm³/mol. The summed E-state index contributed by atoms with van der Waals surface area (Å²) in [5, 5.41) is 3.72. The molecule has 0 fully saturated rings. The Balaban J connectivity index is 2.46. The molecule has 138 valence electrons. The van der Waals surface area contributed by atoms with Gasteiger partial charge in [0, 0.05) is 31.9 Å². The van der Waals surface area contributed by atoms with Crippen LogP contribution in [0.2, 0.25) is 5.02 Å². The number of benzene rings is 1. The van der Waals surface area contributed by atoms with Gasteiger partial charge in [-0.2, -0.15) is 22.6 Å². The Bertz CT molecular complexity index is 850. The first-order chi connectivity index (χ1) is 11.6.